The SMILES string of the molecule is CCC(C)c1ccc(NCc2c(Cl)cccc2OC)cc1. The lowest BCUT2D eigenvalue weighted by Gasteiger charge is -2.13. The molecule has 0 radical (unpaired) electrons. The summed E-state index contributed by atoms with van der Waals surface area (Å²) in [5, 5.41) is 4.12. The van der Waals surface area contributed by atoms with E-state index in [0.717, 1.165) is 28.4 Å². The minimum absolute atomic E-state index is 0.600. The van der Waals surface area contributed by atoms with Gasteiger partial charge in [0.25, 0.3) is 0 Å². The molecule has 0 aliphatic carbocycles. The Morgan fingerprint density at radius 3 is 2.48 bits per heavy atom. The summed E-state index contributed by atoms with van der Waals surface area (Å²) in [5.41, 5.74) is 3.44. The molecule has 0 aliphatic heterocycles. The summed E-state index contributed by atoms with van der Waals surface area (Å²) in [7, 11) is 1.66. The predicted octanol–water partition coefficient (Wildman–Crippen LogP) is 5.47. The van der Waals surface area contributed by atoms with Crippen molar-refractivity contribution in [2.45, 2.75) is 32.7 Å². The molecule has 3 heteroatoms. The van der Waals surface area contributed by atoms with Gasteiger partial charge in [-0.1, -0.05) is 43.6 Å². The van der Waals surface area contributed by atoms with Crippen LogP contribution in [0.4, 0.5) is 5.69 Å². The Bertz CT molecular complexity index is 580. The average Bonchev–Trinajstić information content (AvgIpc) is 2.53. The molecule has 112 valence electrons. The van der Waals surface area contributed by atoms with Crippen molar-refractivity contribution in [3.63, 3.8) is 0 Å². The maximum absolute atomic E-state index is 6.24. The minimum Gasteiger partial charge on any atom is -0.496 e. The van der Waals surface area contributed by atoms with Crippen LogP contribution in [-0.2, 0) is 6.54 Å². The van der Waals surface area contributed by atoms with E-state index in [4.69, 9.17) is 16.3 Å². The number of rotatable bonds is 6. The predicted molar refractivity (Wildman–Crippen MR) is 90.5 cm³/mol. The van der Waals surface area contributed by atoms with Gasteiger partial charge in [0.1, 0.15) is 5.75 Å². The molecule has 0 amide bonds. The molecule has 0 bridgehead atoms. The van der Waals surface area contributed by atoms with Crippen LogP contribution in [-0.4, -0.2) is 7.11 Å². The number of benzene rings is 2. The Morgan fingerprint density at radius 1 is 1.14 bits per heavy atom. The maximum atomic E-state index is 6.24. The van der Waals surface area contributed by atoms with E-state index in [1.165, 1.54) is 5.56 Å². The quantitative estimate of drug-likeness (QED) is 0.763. The van der Waals surface area contributed by atoms with E-state index in [-0.39, 0.29) is 0 Å². The van der Waals surface area contributed by atoms with Crippen LogP contribution < -0.4 is 10.1 Å². The molecule has 2 aromatic carbocycles. The molecule has 0 aromatic heterocycles. The molecule has 0 fully saturated rings. The molecule has 2 nitrogen and oxygen atoms in total. The number of hydrogen-bond acceptors (Lipinski definition) is 2. The third-order valence-electron chi connectivity index (χ3n) is 3.86. The molecule has 0 saturated carbocycles. The fourth-order valence-corrected chi connectivity index (χ4v) is 2.49. The molecule has 2 rings (SSSR count). The summed E-state index contributed by atoms with van der Waals surface area (Å²) < 4.78 is 5.36. The molecule has 1 N–H and O–H groups in total. The summed E-state index contributed by atoms with van der Waals surface area (Å²) in [6.07, 6.45) is 1.16. The van der Waals surface area contributed by atoms with Crippen LogP contribution in [0.25, 0.3) is 0 Å². The summed E-state index contributed by atoms with van der Waals surface area (Å²) in [5.74, 6) is 1.41. The maximum Gasteiger partial charge on any atom is 0.125 e. The van der Waals surface area contributed by atoms with Crippen molar-refractivity contribution in [3.05, 3.63) is 58.6 Å². The first-order valence-electron chi connectivity index (χ1n) is 7.31. The first-order valence-corrected chi connectivity index (χ1v) is 7.68. The summed E-state index contributed by atoms with van der Waals surface area (Å²) in [6.45, 7) is 5.10. The Balaban J connectivity index is 2.07. The van der Waals surface area contributed by atoms with Gasteiger partial charge < -0.3 is 10.1 Å². The van der Waals surface area contributed by atoms with Crippen molar-refractivity contribution >= 4 is 17.3 Å². The molecule has 1 unspecified atom stereocenters. The van der Waals surface area contributed by atoms with Gasteiger partial charge in [0.05, 0.1) is 7.11 Å². The van der Waals surface area contributed by atoms with E-state index in [0.29, 0.717) is 12.5 Å². The normalized spacial score (nSPS) is 12.0. The van der Waals surface area contributed by atoms with Gasteiger partial charge in [-0.2, -0.15) is 0 Å². The zero-order valence-electron chi connectivity index (χ0n) is 12.8. The van der Waals surface area contributed by atoms with E-state index in [9.17, 15) is 0 Å². The monoisotopic (exact) mass is 303 g/mol. The van der Waals surface area contributed by atoms with Crippen molar-refractivity contribution in [1.29, 1.82) is 0 Å². The zero-order valence-corrected chi connectivity index (χ0v) is 13.6. The lowest BCUT2D eigenvalue weighted by Crippen LogP contribution is -2.02. The first kappa shape index (κ1) is 15.7. The highest BCUT2D eigenvalue weighted by molar-refractivity contribution is 6.31. The van der Waals surface area contributed by atoms with Crippen LogP contribution in [0.1, 0.15) is 37.3 Å². The zero-order chi connectivity index (χ0) is 15.2. The molecular weight excluding hydrogens is 282 g/mol. The van der Waals surface area contributed by atoms with Gasteiger partial charge in [-0.3, -0.25) is 0 Å². The van der Waals surface area contributed by atoms with E-state index in [2.05, 4.69) is 43.4 Å². The molecular formula is C18H22ClNO. The second-order valence-corrected chi connectivity index (χ2v) is 5.61. The van der Waals surface area contributed by atoms with E-state index in [1.807, 2.05) is 18.2 Å². The second-order valence-electron chi connectivity index (χ2n) is 5.21. The summed E-state index contributed by atoms with van der Waals surface area (Å²) >= 11 is 6.24. The van der Waals surface area contributed by atoms with Gasteiger partial charge in [0.2, 0.25) is 0 Å². The van der Waals surface area contributed by atoms with Crippen molar-refractivity contribution in [2.24, 2.45) is 0 Å². The highest BCUT2D eigenvalue weighted by Gasteiger charge is 2.07. The minimum atomic E-state index is 0.600. The lowest BCUT2D eigenvalue weighted by atomic mass is 9.98. The molecule has 0 heterocycles. The van der Waals surface area contributed by atoms with Crippen LogP contribution in [0.3, 0.4) is 0 Å². The third kappa shape index (κ3) is 3.92. The largest absolute Gasteiger partial charge is 0.496 e. The van der Waals surface area contributed by atoms with Crippen molar-refractivity contribution in [3.8, 4) is 5.75 Å². The van der Waals surface area contributed by atoms with Crippen LogP contribution in [0.5, 0.6) is 5.75 Å². The number of halogens is 1. The van der Waals surface area contributed by atoms with E-state index >= 15 is 0 Å². The van der Waals surface area contributed by atoms with Gasteiger partial charge >= 0.3 is 0 Å². The van der Waals surface area contributed by atoms with Gasteiger partial charge in [-0.15, -0.1) is 0 Å². The molecule has 1 atom stereocenters. The first-order chi connectivity index (χ1) is 10.2. The molecule has 0 aliphatic rings. The van der Waals surface area contributed by atoms with Gasteiger partial charge in [-0.05, 0) is 42.2 Å². The van der Waals surface area contributed by atoms with Crippen LogP contribution >= 0.6 is 11.6 Å². The molecule has 0 spiro atoms. The van der Waals surface area contributed by atoms with Crippen LogP contribution in [0.15, 0.2) is 42.5 Å². The number of hydrogen-bond donors (Lipinski definition) is 1. The number of anilines is 1. The van der Waals surface area contributed by atoms with Crippen LogP contribution in [0, 0.1) is 0 Å². The fraction of sp³-hybridized carbons (Fsp3) is 0.333. The Kier molecular flexibility index (Phi) is 5.51. The Labute approximate surface area is 132 Å². The van der Waals surface area contributed by atoms with Crippen molar-refractivity contribution in [1.82, 2.24) is 0 Å². The topological polar surface area (TPSA) is 21.3 Å². The highest BCUT2D eigenvalue weighted by Crippen LogP contribution is 2.27. The number of nitrogens with one attached hydrogen (secondary N) is 1. The molecule has 2 aromatic rings. The number of methoxy groups -OCH3 is 1. The summed E-state index contributed by atoms with van der Waals surface area (Å²) in [6, 6.07) is 14.3. The van der Waals surface area contributed by atoms with Gasteiger partial charge in [-0.25, -0.2) is 0 Å². The smallest absolute Gasteiger partial charge is 0.125 e. The van der Waals surface area contributed by atoms with E-state index < -0.39 is 0 Å². The van der Waals surface area contributed by atoms with Gasteiger partial charge in [0, 0.05) is 22.8 Å². The van der Waals surface area contributed by atoms with Gasteiger partial charge in [0.15, 0.2) is 0 Å². The Morgan fingerprint density at radius 2 is 1.86 bits per heavy atom. The van der Waals surface area contributed by atoms with E-state index in [1.54, 1.807) is 7.11 Å². The van der Waals surface area contributed by atoms with Crippen LogP contribution in [0.2, 0.25) is 5.02 Å². The standard InChI is InChI=1S/C18H22ClNO/c1-4-13(2)14-8-10-15(11-9-14)20-12-16-17(19)6-5-7-18(16)21-3/h5-11,13,20H,4,12H2,1-3H3. The lowest BCUT2D eigenvalue weighted by molar-refractivity contribution is 0.410. The second kappa shape index (κ2) is 7.37. The number of ether oxygens (including phenoxy) is 1. The average molecular weight is 304 g/mol. The third-order valence-corrected chi connectivity index (χ3v) is 4.21. The van der Waals surface area contributed by atoms with Crippen molar-refractivity contribution < 1.29 is 4.74 Å². The molecule has 21 heavy (non-hydrogen) atoms. The molecule has 0 saturated heterocycles. The Hall–Kier alpha value is -1.67. The highest BCUT2D eigenvalue weighted by atomic mass is 35.5. The van der Waals surface area contributed by atoms with Crippen molar-refractivity contribution in [2.75, 3.05) is 12.4 Å². The summed E-state index contributed by atoms with van der Waals surface area (Å²) in [4.78, 5) is 0. The fourth-order valence-electron chi connectivity index (χ4n) is 2.26.